The third-order valence-corrected chi connectivity index (χ3v) is 6.99. The van der Waals surface area contributed by atoms with Crippen molar-refractivity contribution < 1.29 is 8.42 Å². The third kappa shape index (κ3) is 4.58. The van der Waals surface area contributed by atoms with E-state index in [0.29, 0.717) is 23.3 Å². The Hall–Kier alpha value is -0.910. The summed E-state index contributed by atoms with van der Waals surface area (Å²) >= 11 is 0. The Labute approximate surface area is 146 Å². The number of nitrogens with one attached hydrogen (secondary N) is 1. The second kappa shape index (κ2) is 7.98. The monoisotopic (exact) mass is 350 g/mol. The lowest BCUT2D eigenvalue weighted by atomic mass is 9.84. The zero-order valence-corrected chi connectivity index (χ0v) is 15.5. The standard InChI is InChI=1S/C19H30N2O2S/c1-21-13-5-6-16(15-21)14-20-24(22,23)19-11-9-18(10-12-19)17-7-3-2-4-8-17/h9-12,16-17,20H,2-8,13-15H2,1H3. The van der Waals surface area contributed by atoms with Crippen molar-refractivity contribution in [3.8, 4) is 0 Å². The van der Waals surface area contributed by atoms with Crippen LogP contribution in [0.1, 0.15) is 56.4 Å². The summed E-state index contributed by atoms with van der Waals surface area (Å²) in [5.41, 5.74) is 1.29. The molecule has 0 spiro atoms. The Bertz CT molecular complexity index is 621. The van der Waals surface area contributed by atoms with Gasteiger partial charge in [0.2, 0.25) is 10.0 Å². The molecule has 2 aliphatic rings. The average Bonchev–Trinajstić information content (AvgIpc) is 2.61. The van der Waals surface area contributed by atoms with Crippen molar-refractivity contribution in [3.63, 3.8) is 0 Å². The summed E-state index contributed by atoms with van der Waals surface area (Å²) in [5, 5.41) is 0. The summed E-state index contributed by atoms with van der Waals surface area (Å²) in [6, 6.07) is 7.58. The fourth-order valence-corrected chi connectivity index (χ4v) is 5.22. The molecule has 0 radical (unpaired) electrons. The van der Waals surface area contributed by atoms with Crippen molar-refractivity contribution in [2.75, 3.05) is 26.7 Å². The van der Waals surface area contributed by atoms with Gasteiger partial charge in [-0.15, -0.1) is 0 Å². The predicted octanol–water partition coefficient (Wildman–Crippen LogP) is 3.35. The van der Waals surface area contributed by atoms with Crippen LogP contribution < -0.4 is 4.72 Å². The molecule has 1 saturated carbocycles. The molecule has 0 aromatic heterocycles. The highest BCUT2D eigenvalue weighted by Gasteiger charge is 2.21. The van der Waals surface area contributed by atoms with E-state index in [-0.39, 0.29) is 0 Å². The lowest BCUT2D eigenvalue weighted by molar-refractivity contribution is 0.211. The summed E-state index contributed by atoms with van der Waals surface area (Å²) < 4.78 is 27.8. The van der Waals surface area contributed by atoms with Gasteiger partial charge in [-0.05, 0) is 68.8 Å². The lowest BCUT2D eigenvalue weighted by Crippen LogP contribution is -2.39. The van der Waals surface area contributed by atoms with Crippen molar-refractivity contribution in [2.24, 2.45) is 5.92 Å². The normalized spacial score (nSPS) is 24.1. The first kappa shape index (κ1) is 17.9. The van der Waals surface area contributed by atoms with Gasteiger partial charge in [-0.1, -0.05) is 31.4 Å². The van der Waals surface area contributed by atoms with E-state index in [9.17, 15) is 8.42 Å². The second-order valence-corrected chi connectivity index (χ2v) is 9.29. The Morgan fingerprint density at radius 1 is 1.04 bits per heavy atom. The van der Waals surface area contributed by atoms with Gasteiger partial charge in [-0.2, -0.15) is 0 Å². The zero-order chi connectivity index (χ0) is 17.0. The van der Waals surface area contributed by atoms with Gasteiger partial charge in [0.1, 0.15) is 0 Å². The molecule has 24 heavy (non-hydrogen) atoms. The van der Waals surface area contributed by atoms with Crippen LogP contribution in [0.3, 0.4) is 0 Å². The molecule has 1 heterocycles. The summed E-state index contributed by atoms with van der Waals surface area (Å²) in [7, 11) is -1.29. The van der Waals surface area contributed by atoms with Crippen molar-refractivity contribution in [3.05, 3.63) is 29.8 Å². The number of rotatable bonds is 5. The van der Waals surface area contributed by atoms with Crippen molar-refractivity contribution in [1.29, 1.82) is 0 Å². The third-order valence-electron chi connectivity index (χ3n) is 5.55. The molecule has 1 aliphatic carbocycles. The van der Waals surface area contributed by atoms with Gasteiger partial charge in [0.15, 0.2) is 0 Å². The number of sulfonamides is 1. The molecule has 1 saturated heterocycles. The van der Waals surface area contributed by atoms with E-state index in [2.05, 4.69) is 16.7 Å². The van der Waals surface area contributed by atoms with Crippen LogP contribution in [0.25, 0.3) is 0 Å². The van der Waals surface area contributed by atoms with Gasteiger partial charge in [0.25, 0.3) is 0 Å². The van der Waals surface area contributed by atoms with Crippen LogP contribution >= 0.6 is 0 Å². The van der Waals surface area contributed by atoms with Crippen LogP contribution in [0.2, 0.25) is 0 Å². The van der Waals surface area contributed by atoms with Crippen molar-refractivity contribution in [1.82, 2.24) is 9.62 Å². The molecule has 0 amide bonds. The second-order valence-electron chi connectivity index (χ2n) is 7.53. The number of hydrogen-bond donors (Lipinski definition) is 1. The fourth-order valence-electron chi connectivity index (χ4n) is 4.11. The zero-order valence-electron chi connectivity index (χ0n) is 14.7. The maximum Gasteiger partial charge on any atom is 0.240 e. The van der Waals surface area contributed by atoms with Crippen molar-refractivity contribution >= 4 is 10.0 Å². The molecule has 1 aliphatic heterocycles. The van der Waals surface area contributed by atoms with Gasteiger partial charge < -0.3 is 4.90 Å². The molecule has 3 rings (SSSR count). The largest absolute Gasteiger partial charge is 0.306 e. The lowest BCUT2D eigenvalue weighted by Gasteiger charge is -2.29. The van der Waals surface area contributed by atoms with E-state index < -0.39 is 10.0 Å². The van der Waals surface area contributed by atoms with Gasteiger partial charge in [0, 0.05) is 13.1 Å². The summed E-state index contributed by atoms with van der Waals surface area (Å²) in [6.07, 6.45) is 8.65. The first-order valence-electron chi connectivity index (χ1n) is 9.33. The van der Waals surface area contributed by atoms with Crippen LogP contribution in [-0.4, -0.2) is 40.0 Å². The maximum absolute atomic E-state index is 12.5. The van der Waals surface area contributed by atoms with E-state index in [4.69, 9.17) is 0 Å². The minimum Gasteiger partial charge on any atom is -0.306 e. The Morgan fingerprint density at radius 2 is 1.75 bits per heavy atom. The first-order valence-corrected chi connectivity index (χ1v) is 10.8. The van der Waals surface area contributed by atoms with Gasteiger partial charge >= 0.3 is 0 Å². The number of hydrogen-bond acceptors (Lipinski definition) is 3. The molecule has 1 unspecified atom stereocenters. The number of piperidine rings is 1. The summed E-state index contributed by atoms with van der Waals surface area (Å²) in [6.45, 7) is 2.63. The molecule has 5 heteroatoms. The number of nitrogens with zero attached hydrogens (tertiary/aromatic N) is 1. The van der Waals surface area contributed by atoms with Gasteiger partial charge in [0.05, 0.1) is 4.90 Å². The van der Waals surface area contributed by atoms with Gasteiger partial charge in [-0.3, -0.25) is 0 Å². The SMILES string of the molecule is CN1CCCC(CNS(=O)(=O)c2ccc(C3CCCCC3)cc2)C1. The molecule has 134 valence electrons. The first-order chi connectivity index (χ1) is 11.5. The van der Waals surface area contributed by atoms with Crippen LogP contribution in [-0.2, 0) is 10.0 Å². The van der Waals surface area contributed by atoms with E-state index in [0.717, 1.165) is 25.9 Å². The fraction of sp³-hybridized carbons (Fsp3) is 0.684. The molecular weight excluding hydrogens is 320 g/mol. The van der Waals surface area contributed by atoms with E-state index >= 15 is 0 Å². The quantitative estimate of drug-likeness (QED) is 0.886. The minimum absolute atomic E-state index is 0.395. The van der Waals surface area contributed by atoms with Crippen LogP contribution in [0.15, 0.2) is 29.2 Å². The smallest absolute Gasteiger partial charge is 0.240 e. The molecule has 4 nitrogen and oxygen atoms in total. The van der Waals surface area contributed by atoms with Gasteiger partial charge in [-0.25, -0.2) is 13.1 Å². The van der Waals surface area contributed by atoms with E-state index in [1.165, 1.54) is 37.7 Å². The highest BCUT2D eigenvalue weighted by Crippen LogP contribution is 2.32. The Morgan fingerprint density at radius 3 is 2.42 bits per heavy atom. The maximum atomic E-state index is 12.5. The Kier molecular flexibility index (Phi) is 5.95. The summed E-state index contributed by atoms with van der Waals surface area (Å²) in [5.74, 6) is 1.03. The highest BCUT2D eigenvalue weighted by atomic mass is 32.2. The Balaban J connectivity index is 1.59. The number of likely N-dealkylation sites (tertiary alicyclic amines) is 1. The number of benzene rings is 1. The molecule has 1 aromatic carbocycles. The molecule has 1 atom stereocenters. The predicted molar refractivity (Wildman–Crippen MR) is 97.7 cm³/mol. The molecule has 0 bridgehead atoms. The minimum atomic E-state index is -3.39. The van der Waals surface area contributed by atoms with Crippen molar-refractivity contribution in [2.45, 2.75) is 55.8 Å². The van der Waals surface area contributed by atoms with E-state index in [1.54, 1.807) is 12.1 Å². The molecule has 1 N–H and O–H groups in total. The van der Waals surface area contributed by atoms with Crippen LogP contribution in [0.5, 0.6) is 0 Å². The highest BCUT2D eigenvalue weighted by molar-refractivity contribution is 7.89. The molecule has 1 aromatic rings. The topological polar surface area (TPSA) is 49.4 Å². The average molecular weight is 351 g/mol. The molecular formula is C19H30N2O2S. The molecule has 2 fully saturated rings. The summed E-state index contributed by atoms with van der Waals surface area (Å²) in [4.78, 5) is 2.67. The van der Waals surface area contributed by atoms with Crippen LogP contribution in [0, 0.1) is 5.92 Å². The van der Waals surface area contributed by atoms with E-state index in [1.807, 2.05) is 12.1 Å². The van der Waals surface area contributed by atoms with Crippen LogP contribution in [0.4, 0.5) is 0 Å².